The SMILES string of the molecule is Cc1[nH]nc(S(=O)(=O)N(C)c2ccccc2)c1CN. The molecule has 2 rings (SSSR count). The van der Waals surface area contributed by atoms with Crippen molar-refractivity contribution in [1.82, 2.24) is 10.2 Å². The average molecular weight is 280 g/mol. The van der Waals surface area contributed by atoms with Crippen LogP contribution in [0.1, 0.15) is 11.3 Å². The van der Waals surface area contributed by atoms with Crippen molar-refractivity contribution < 1.29 is 8.42 Å². The van der Waals surface area contributed by atoms with Crippen molar-refractivity contribution in [3.63, 3.8) is 0 Å². The molecule has 6 nitrogen and oxygen atoms in total. The van der Waals surface area contributed by atoms with Crippen LogP contribution in [-0.4, -0.2) is 25.7 Å². The normalized spacial score (nSPS) is 11.5. The second-order valence-electron chi connectivity index (χ2n) is 4.14. The standard InChI is InChI=1S/C12H16N4O2S/c1-9-11(8-13)12(15-14-9)19(17,18)16(2)10-6-4-3-5-7-10/h3-7H,8,13H2,1-2H3,(H,14,15). The molecule has 0 aliphatic rings. The number of aryl methyl sites for hydroxylation is 1. The van der Waals surface area contributed by atoms with E-state index in [0.29, 0.717) is 16.9 Å². The van der Waals surface area contributed by atoms with Crippen molar-refractivity contribution in [3.8, 4) is 0 Å². The van der Waals surface area contributed by atoms with E-state index in [1.807, 2.05) is 6.07 Å². The Kier molecular flexibility index (Phi) is 3.59. The number of hydrogen-bond acceptors (Lipinski definition) is 4. The number of H-pyrrole nitrogens is 1. The Labute approximate surface area is 112 Å². The third-order valence-corrected chi connectivity index (χ3v) is 4.72. The van der Waals surface area contributed by atoms with E-state index in [0.717, 1.165) is 0 Å². The number of rotatable bonds is 4. The Morgan fingerprint density at radius 1 is 1.32 bits per heavy atom. The van der Waals surface area contributed by atoms with Gasteiger partial charge in [-0.2, -0.15) is 13.5 Å². The van der Waals surface area contributed by atoms with Crippen LogP contribution in [0.5, 0.6) is 0 Å². The summed E-state index contributed by atoms with van der Waals surface area (Å²) >= 11 is 0. The van der Waals surface area contributed by atoms with Crippen LogP contribution in [0.4, 0.5) is 5.69 Å². The molecule has 7 heteroatoms. The second kappa shape index (κ2) is 5.02. The Balaban J connectivity index is 2.48. The van der Waals surface area contributed by atoms with Crippen LogP contribution in [0.3, 0.4) is 0 Å². The minimum absolute atomic E-state index is 0.0150. The average Bonchev–Trinajstić information content (AvgIpc) is 2.80. The highest BCUT2D eigenvalue weighted by atomic mass is 32.2. The number of aromatic amines is 1. The van der Waals surface area contributed by atoms with Crippen LogP contribution in [0, 0.1) is 6.92 Å². The van der Waals surface area contributed by atoms with Gasteiger partial charge in [0.2, 0.25) is 5.03 Å². The molecule has 3 N–H and O–H groups in total. The maximum atomic E-state index is 12.5. The third kappa shape index (κ3) is 2.34. The topological polar surface area (TPSA) is 92.1 Å². The first kappa shape index (κ1) is 13.6. The quantitative estimate of drug-likeness (QED) is 0.874. The lowest BCUT2D eigenvalue weighted by Gasteiger charge is -2.18. The lowest BCUT2D eigenvalue weighted by Crippen LogP contribution is -2.28. The molecule has 0 unspecified atom stereocenters. The van der Waals surface area contributed by atoms with Crippen LogP contribution < -0.4 is 10.0 Å². The molecule has 102 valence electrons. The van der Waals surface area contributed by atoms with Crippen molar-refractivity contribution in [3.05, 3.63) is 41.6 Å². The molecule has 2 aromatic rings. The molecule has 1 aromatic carbocycles. The smallest absolute Gasteiger partial charge is 0.283 e. The summed E-state index contributed by atoms with van der Waals surface area (Å²) in [7, 11) is -2.21. The van der Waals surface area contributed by atoms with Crippen molar-refractivity contribution in [1.29, 1.82) is 0 Å². The fourth-order valence-electron chi connectivity index (χ4n) is 1.79. The summed E-state index contributed by atoms with van der Waals surface area (Å²) < 4.78 is 26.2. The minimum Gasteiger partial charge on any atom is -0.326 e. The van der Waals surface area contributed by atoms with Gasteiger partial charge < -0.3 is 5.73 Å². The maximum absolute atomic E-state index is 12.5. The summed E-state index contributed by atoms with van der Waals surface area (Å²) in [6.07, 6.45) is 0. The highest BCUT2D eigenvalue weighted by Gasteiger charge is 2.27. The van der Waals surface area contributed by atoms with Gasteiger partial charge in [-0.05, 0) is 19.1 Å². The minimum atomic E-state index is -3.70. The largest absolute Gasteiger partial charge is 0.326 e. The number of nitrogens with zero attached hydrogens (tertiary/aromatic N) is 2. The Bertz CT molecular complexity index is 664. The zero-order valence-corrected chi connectivity index (χ0v) is 11.6. The number of aromatic nitrogens is 2. The third-order valence-electron chi connectivity index (χ3n) is 2.96. The van der Waals surface area contributed by atoms with E-state index in [9.17, 15) is 8.42 Å². The van der Waals surface area contributed by atoms with E-state index < -0.39 is 10.0 Å². The highest BCUT2D eigenvalue weighted by Crippen LogP contribution is 2.23. The number of sulfonamides is 1. The number of nitrogens with one attached hydrogen (secondary N) is 1. The predicted molar refractivity (Wildman–Crippen MR) is 73.2 cm³/mol. The fourth-order valence-corrected chi connectivity index (χ4v) is 3.16. The molecular weight excluding hydrogens is 264 g/mol. The Morgan fingerprint density at radius 2 is 1.95 bits per heavy atom. The number of benzene rings is 1. The van der Waals surface area contributed by atoms with Crippen LogP contribution >= 0.6 is 0 Å². The van der Waals surface area contributed by atoms with Crippen molar-refractivity contribution in [2.24, 2.45) is 5.73 Å². The summed E-state index contributed by atoms with van der Waals surface area (Å²) in [5, 5.41) is 6.52. The van der Waals surface area contributed by atoms with Gasteiger partial charge in [-0.25, -0.2) is 0 Å². The van der Waals surface area contributed by atoms with E-state index in [2.05, 4.69) is 10.2 Å². The van der Waals surface area contributed by atoms with Crippen LogP contribution in [0.2, 0.25) is 0 Å². The summed E-state index contributed by atoms with van der Waals surface area (Å²) in [5.41, 5.74) is 7.35. The van der Waals surface area contributed by atoms with Crippen molar-refractivity contribution in [2.75, 3.05) is 11.4 Å². The molecule has 0 amide bonds. The molecule has 0 atom stereocenters. The fraction of sp³-hybridized carbons (Fsp3) is 0.250. The van der Waals surface area contributed by atoms with Gasteiger partial charge in [0.1, 0.15) is 0 Å². The van der Waals surface area contributed by atoms with Gasteiger partial charge in [0.05, 0.1) is 5.69 Å². The van der Waals surface area contributed by atoms with Gasteiger partial charge in [0.25, 0.3) is 10.0 Å². The van der Waals surface area contributed by atoms with Crippen LogP contribution in [-0.2, 0) is 16.6 Å². The summed E-state index contributed by atoms with van der Waals surface area (Å²) in [6, 6.07) is 8.83. The molecule has 0 aliphatic carbocycles. The zero-order chi connectivity index (χ0) is 14.0. The molecule has 0 saturated carbocycles. The summed E-state index contributed by atoms with van der Waals surface area (Å²) in [4.78, 5) is 0. The van der Waals surface area contributed by atoms with Crippen LogP contribution in [0.15, 0.2) is 35.4 Å². The molecule has 0 radical (unpaired) electrons. The summed E-state index contributed by atoms with van der Waals surface area (Å²) in [6.45, 7) is 1.87. The van der Waals surface area contributed by atoms with Crippen molar-refractivity contribution in [2.45, 2.75) is 18.5 Å². The first-order chi connectivity index (χ1) is 8.98. The molecule has 0 aliphatic heterocycles. The molecule has 0 bridgehead atoms. The van der Waals surface area contributed by atoms with E-state index in [-0.39, 0.29) is 11.6 Å². The van der Waals surface area contributed by atoms with Crippen LogP contribution in [0.25, 0.3) is 0 Å². The first-order valence-electron chi connectivity index (χ1n) is 5.76. The van der Waals surface area contributed by atoms with Gasteiger partial charge >= 0.3 is 0 Å². The first-order valence-corrected chi connectivity index (χ1v) is 7.20. The summed E-state index contributed by atoms with van der Waals surface area (Å²) in [5.74, 6) is 0. The maximum Gasteiger partial charge on any atom is 0.283 e. The molecular formula is C12H16N4O2S. The number of anilines is 1. The molecule has 1 heterocycles. The van der Waals surface area contributed by atoms with Crippen molar-refractivity contribution >= 4 is 15.7 Å². The molecule has 0 spiro atoms. The van der Waals surface area contributed by atoms with Gasteiger partial charge in [-0.15, -0.1) is 0 Å². The Morgan fingerprint density at radius 3 is 2.53 bits per heavy atom. The molecule has 0 saturated heterocycles. The second-order valence-corrected chi connectivity index (χ2v) is 6.03. The lowest BCUT2D eigenvalue weighted by molar-refractivity contribution is 0.589. The van der Waals surface area contributed by atoms with Gasteiger partial charge in [-0.3, -0.25) is 9.40 Å². The van der Waals surface area contributed by atoms with E-state index in [1.54, 1.807) is 31.2 Å². The van der Waals surface area contributed by atoms with Gasteiger partial charge in [0, 0.05) is 24.8 Å². The van der Waals surface area contributed by atoms with E-state index in [1.165, 1.54) is 11.4 Å². The number of para-hydroxylation sites is 1. The zero-order valence-electron chi connectivity index (χ0n) is 10.8. The Hall–Kier alpha value is -1.86. The predicted octanol–water partition coefficient (Wildman–Crippen LogP) is 1.00. The van der Waals surface area contributed by atoms with E-state index >= 15 is 0 Å². The lowest BCUT2D eigenvalue weighted by atomic mass is 10.3. The molecule has 0 fully saturated rings. The monoisotopic (exact) mass is 280 g/mol. The number of hydrogen-bond donors (Lipinski definition) is 2. The van der Waals surface area contributed by atoms with Gasteiger partial charge in [-0.1, -0.05) is 18.2 Å². The van der Waals surface area contributed by atoms with E-state index in [4.69, 9.17) is 5.73 Å². The molecule has 1 aromatic heterocycles. The molecule has 19 heavy (non-hydrogen) atoms. The number of nitrogens with two attached hydrogens (primary N) is 1. The highest BCUT2D eigenvalue weighted by molar-refractivity contribution is 7.92. The van der Waals surface area contributed by atoms with Gasteiger partial charge in [0.15, 0.2) is 0 Å².